The number of rotatable bonds is 1. The van der Waals surface area contributed by atoms with Crippen LogP contribution in [0.25, 0.3) is 0 Å². The first kappa shape index (κ1) is 11.7. The van der Waals surface area contributed by atoms with Gasteiger partial charge in [0.2, 0.25) is 0 Å². The maximum Gasteiger partial charge on any atom is 0.146 e. The summed E-state index contributed by atoms with van der Waals surface area (Å²) in [5, 5.41) is 4.25. The van der Waals surface area contributed by atoms with Crippen LogP contribution in [0.4, 0.5) is 0 Å². The lowest BCUT2D eigenvalue weighted by molar-refractivity contribution is 0.580. The third-order valence-electron chi connectivity index (χ3n) is 1.85. The second-order valence-electron chi connectivity index (χ2n) is 4.58. The average molecular weight is 209 g/mol. The van der Waals surface area contributed by atoms with Gasteiger partial charge in [0.1, 0.15) is 5.84 Å². The first-order valence-corrected chi connectivity index (χ1v) is 4.90. The lowest BCUT2D eigenvalue weighted by Crippen LogP contribution is -2.33. The molecule has 0 atom stereocenters. The van der Waals surface area contributed by atoms with Crippen LogP contribution in [0.3, 0.4) is 0 Å². The summed E-state index contributed by atoms with van der Waals surface area (Å²) in [6.07, 6.45) is 1.90. The summed E-state index contributed by atoms with van der Waals surface area (Å²) in [6.45, 7) is 8.01. The van der Waals surface area contributed by atoms with Gasteiger partial charge in [-0.15, -0.1) is 0 Å². The molecule has 0 saturated carbocycles. The van der Waals surface area contributed by atoms with Crippen LogP contribution in [0.5, 0.6) is 0 Å². The van der Waals surface area contributed by atoms with Crippen LogP contribution in [0, 0.1) is 6.92 Å². The topological polar surface area (TPSA) is 68.2 Å². The molecule has 84 valence electrons. The molecule has 5 nitrogen and oxygen atoms in total. The minimum Gasteiger partial charge on any atom is -0.308 e. The standard InChI is InChI=1S/C10H19N5/c1-7-8(6-15(5)14-7)9(13-11)12-10(2,3)4/h6H,11H2,1-5H3,(H,12,13). The molecule has 0 aromatic carbocycles. The Bertz CT molecular complexity index is 370. The Kier molecular flexibility index (Phi) is 3.14. The molecule has 1 rings (SSSR count). The van der Waals surface area contributed by atoms with E-state index in [0.717, 1.165) is 11.3 Å². The Morgan fingerprint density at radius 1 is 1.53 bits per heavy atom. The number of nitrogens with two attached hydrogens (primary N) is 1. The highest BCUT2D eigenvalue weighted by molar-refractivity contribution is 5.99. The lowest BCUT2D eigenvalue weighted by atomic mass is 10.1. The molecule has 5 heteroatoms. The van der Waals surface area contributed by atoms with Crippen molar-refractivity contribution >= 4 is 5.84 Å². The molecule has 1 aromatic rings. The monoisotopic (exact) mass is 209 g/mol. The lowest BCUT2D eigenvalue weighted by Gasteiger charge is -2.15. The van der Waals surface area contributed by atoms with Gasteiger partial charge in [-0.3, -0.25) is 9.67 Å². The summed E-state index contributed by atoms with van der Waals surface area (Å²) in [6, 6.07) is 0. The van der Waals surface area contributed by atoms with Crippen molar-refractivity contribution in [3.63, 3.8) is 0 Å². The van der Waals surface area contributed by atoms with Crippen LogP contribution in [0.2, 0.25) is 0 Å². The van der Waals surface area contributed by atoms with Gasteiger partial charge in [-0.05, 0) is 27.7 Å². The molecular formula is C10H19N5. The molecule has 15 heavy (non-hydrogen) atoms. The molecule has 0 bridgehead atoms. The number of aryl methyl sites for hydroxylation is 2. The van der Waals surface area contributed by atoms with Gasteiger partial charge >= 0.3 is 0 Å². The molecule has 0 fully saturated rings. The molecule has 0 aliphatic carbocycles. The Balaban J connectivity index is 3.13. The number of amidine groups is 1. The van der Waals surface area contributed by atoms with Crippen molar-refractivity contribution in [2.24, 2.45) is 17.9 Å². The quantitative estimate of drug-likeness (QED) is 0.310. The van der Waals surface area contributed by atoms with Crippen molar-refractivity contribution in [2.75, 3.05) is 0 Å². The van der Waals surface area contributed by atoms with Gasteiger partial charge in [-0.1, -0.05) is 0 Å². The number of hydrogen-bond acceptors (Lipinski definition) is 3. The van der Waals surface area contributed by atoms with Gasteiger partial charge in [0.25, 0.3) is 0 Å². The van der Waals surface area contributed by atoms with E-state index >= 15 is 0 Å². The van der Waals surface area contributed by atoms with Crippen LogP contribution >= 0.6 is 0 Å². The van der Waals surface area contributed by atoms with Crippen LogP contribution < -0.4 is 11.3 Å². The Morgan fingerprint density at radius 3 is 2.47 bits per heavy atom. The molecule has 0 aliphatic rings. The normalized spacial score (nSPS) is 13.1. The van der Waals surface area contributed by atoms with Gasteiger partial charge in [0.15, 0.2) is 0 Å². The maximum absolute atomic E-state index is 5.47. The van der Waals surface area contributed by atoms with Crippen molar-refractivity contribution in [1.82, 2.24) is 15.2 Å². The Labute approximate surface area is 90.3 Å². The maximum atomic E-state index is 5.47. The zero-order valence-corrected chi connectivity index (χ0v) is 10.00. The van der Waals surface area contributed by atoms with Gasteiger partial charge in [-0.2, -0.15) is 5.10 Å². The highest BCUT2D eigenvalue weighted by Crippen LogP contribution is 2.11. The van der Waals surface area contributed by atoms with Gasteiger partial charge in [0, 0.05) is 13.2 Å². The molecule has 0 radical (unpaired) electrons. The molecule has 0 amide bonds. The zero-order valence-electron chi connectivity index (χ0n) is 10.00. The van der Waals surface area contributed by atoms with E-state index in [9.17, 15) is 0 Å². The smallest absolute Gasteiger partial charge is 0.146 e. The third kappa shape index (κ3) is 3.06. The first-order chi connectivity index (χ1) is 6.83. The summed E-state index contributed by atoms with van der Waals surface area (Å²) in [5.41, 5.74) is 4.32. The van der Waals surface area contributed by atoms with E-state index in [-0.39, 0.29) is 5.54 Å². The van der Waals surface area contributed by atoms with Crippen LogP contribution in [-0.4, -0.2) is 21.2 Å². The minimum atomic E-state index is -0.163. The van der Waals surface area contributed by atoms with E-state index in [1.807, 2.05) is 40.9 Å². The Hall–Kier alpha value is -1.36. The van der Waals surface area contributed by atoms with Crippen molar-refractivity contribution in [2.45, 2.75) is 33.2 Å². The van der Waals surface area contributed by atoms with Crippen molar-refractivity contribution in [3.8, 4) is 0 Å². The van der Waals surface area contributed by atoms with Crippen LogP contribution in [-0.2, 0) is 7.05 Å². The zero-order chi connectivity index (χ0) is 11.6. The van der Waals surface area contributed by atoms with Gasteiger partial charge in [-0.25, -0.2) is 5.84 Å². The van der Waals surface area contributed by atoms with Crippen LogP contribution in [0.1, 0.15) is 32.0 Å². The highest BCUT2D eigenvalue weighted by Gasteiger charge is 2.14. The van der Waals surface area contributed by atoms with Crippen LogP contribution in [0.15, 0.2) is 11.2 Å². The number of nitrogens with zero attached hydrogens (tertiary/aromatic N) is 3. The van der Waals surface area contributed by atoms with E-state index in [0.29, 0.717) is 5.84 Å². The van der Waals surface area contributed by atoms with E-state index in [1.54, 1.807) is 4.68 Å². The van der Waals surface area contributed by atoms with E-state index in [1.165, 1.54) is 0 Å². The number of nitrogens with one attached hydrogen (secondary N) is 1. The molecule has 1 aromatic heterocycles. The van der Waals surface area contributed by atoms with Gasteiger partial charge in [0.05, 0.1) is 16.8 Å². The summed E-state index contributed by atoms with van der Waals surface area (Å²) in [7, 11) is 1.88. The molecule has 0 aliphatic heterocycles. The fourth-order valence-corrected chi connectivity index (χ4v) is 1.34. The van der Waals surface area contributed by atoms with Crippen molar-refractivity contribution in [1.29, 1.82) is 0 Å². The SMILES string of the molecule is Cc1nn(C)cc1C(=NC(C)(C)C)NN. The minimum absolute atomic E-state index is 0.163. The van der Waals surface area contributed by atoms with E-state index in [2.05, 4.69) is 15.5 Å². The first-order valence-electron chi connectivity index (χ1n) is 4.90. The highest BCUT2D eigenvalue weighted by atomic mass is 15.3. The summed E-state index contributed by atoms with van der Waals surface area (Å²) < 4.78 is 1.75. The third-order valence-corrected chi connectivity index (χ3v) is 1.85. The second kappa shape index (κ2) is 4.02. The second-order valence-corrected chi connectivity index (χ2v) is 4.58. The predicted octanol–water partition coefficient (Wildman–Crippen LogP) is 0.737. The molecule has 0 saturated heterocycles. The predicted molar refractivity (Wildman–Crippen MR) is 61.6 cm³/mol. The summed E-state index contributed by atoms with van der Waals surface area (Å²) in [4.78, 5) is 4.50. The number of aromatic nitrogens is 2. The molecule has 1 heterocycles. The largest absolute Gasteiger partial charge is 0.308 e. The average Bonchev–Trinajstić information content (AvgIpc) is 2.39. The van der Waals surface area contributed by atoms with Crippen molar-refractivity contribution in [3.05, 3.63) is 17.5 Å². The Morgan fingerprint density at radius 2 is 2.13 bits per heavy atom. The molecule has 3 N–H and O–H groups in total. The molecular weight excluding hydrogens is 190 g/mol. The summed E-state index contributed by atoms with van der Waals surface area (Å²) >= 11 is 0. The summed E-state index contributed by atoms with van der Waals surface area (Å²) in [5.74, 6) is 6.15. The van der Waals surface area contributed by atoms with E-state index < -0.39 is 0 Å². The van der Waals surface area contributed by atoms with Gasteiger partial charge < -0.3 is 5.43 Å². The molecule has 0 unspecified atom stereocenters. The van der Waals surface area contributed by atoms with E-state index in [4.69, 9.17) is 5.84 Å². The molecule has 0 spiro atoms. The number of aliphatic imine (C=N–C) groups is 1. The van der Waals surface area contributed by atoms with Crippen molar-refractivity contribution < 1.29 is 0 Å². The number of hydrazine groups is 1. The fraction of sp³-hybridized carbons (Fsp3) is 0.600. The fourth-order valence-electron chi connectivity index (χ4n) is 1.34. The number of hydrogen-bond donors (Lipinski definition) is 2.